The topological polar surface area (TPSA) is 269 Å². The minimum atomic E-state index is -5.08. The monoisotopic (exact) mass is 927 g/mol. The van der Waals surface area contributed by atoms with Crippen molar-refractivity contribution in [3.05, 3.63) is 83.2 Å². The van der Waals surface area contributed by atoms with Gasteiger partial charge in [-0.3, -0.25) is 33.7 Å². The molecule has 1 aliphatic heterocycles. The van der Waals surface area contributed by atoms with Gasteiger partial charge in [0.05, 0.1) is 29.6 Å². The number of carbonyl (C=O) groups is 7. The molecule has 17 nitrogen and oxygen atoms in total. The first-order valence-electron chi connectivity index (χ1n) is 19.6. The SMILES string of the molecule is CC(C)(C)[C@H](c1nn(-c2cc(F)ccc2F)cc1Cc1ccccc1)N(CC[C@H](N)C(=O)NCCCC(=O)CN1C(=O)CC(SC[C@H](N)C(=O)O)C1=O)C(=O)CO.O=C(O)C(F)(F)F. The third kappa shape index (κ3) is 15.2. The molecular weight excluding hydrogens is 878 g/mol. The van der Waals surface area contributed by atoms with E-state index in [9.17, 15) is 55.8 Å². The number of hydrogen-bond acceptors (Lipinski definition) is 12. The average Bonchev–Trinajstić information content (AvgIpc) is 3.74. The molecule has 1 saturated heterocycles. The lowest BCUT2D eigenvalue weighted by atomic mass is 9.81. The third-order valence-corrected chi connectivity index (χ3v) is 10.9. The number of aliphatic hydroxyl groups is 1. The highest BCUT2D eigenvalue weighted by molar-refractivity contribution is 8.00. The van der Waals surface area contributed by atoms with Crippen molar-refractivity contribution in [1.29, 1.82) is 0 Å². The van der Waals surface area contributed by atoms with Crippen LogP contribution in [0.5, 0.6) is 0 Å². The number of nitrogens with zero attached hydrogens (tertiary/aromatic N) is 4. The molecule has 2 aromatic carbocycles. The minimum Gasteiger partial charge on any atom is -0.480 e. The number of nitrogens with one attached hydrogen (secondary N) is 1. The van der Waals surface area contributed by atoms with Gasteiger partial charge in [-0.2, -0.15) is 18.3 Å². The highest BCUT2D eigenvalue weighted by atomic mass is 32.2. The van der Waals surface area contributed by atoms with Crippen molar-refractivity contribution in [3.8, 4) is 5.69 Å². The Morgan fingerprint density at radius 3 is 2.22 bits per heavy atom. The van der Waals surface area contributed by atoms with Gasteiger partial charge in [0, 0.05) is 55.9 Å². The summed E-state index contributed by atoms with van der Waals surface area (Å²) < 4.78 is 62.2. The fraction of sp³-hybridized carbons (Fsp3) is 0.463. The fourth-order valence-electron chi connectivity index (χ4n) is 6.44. The van der Waals surface area contributed by atoms with Crippen molar-refractivity contribution >= 4 is 53.1 Å². The second-order valence-electron chi connectivity index (χ2n) is 15.7. The zero-order valence-corrected chi connectivity index (χ0v) is 35.8. The maximum absolute atomic E-state index is 15.0. The van der Waals surface area contributed by atoms with Crippen LogP contribution in [0.15, 0.2) is 54.7 Å². The first-order valence-corrected chi connectivity index (χ1v) is 20.7. The summed E-state index contributed by atoms with van der Waals surface area (Å²) in [7, 11) is 0. The number of aromatic nitrogens is 2. The first kappa shape index (κ1) is 52.6. The van der Waals surface area contributed by atoms with Crippen LogP contribution in [0.25, 0.3) is 5.69 Å². The quantitative estimate of drug-likeness (QED) is 0.0541. The Morgan fingerprint density at radius 2 is 1.64 bits per heavy atom. The highest BCUT2D eigenvalue weighted by Gasteiger charge is 2.41. The molecule has 1 aliphatic rings. The Kier molecular flexibility index (Phi) is 19.1. The molecule has 0 bridgehead atoms. The molecule has 8 N–H and O–H groups in total. The van der Waals surface area contributed by atoms with Crippen molar-refractivity contribution in [2.24, 2.45) is 16.9 Å². The number of carboxylic acid groups (broad SMARTS) is 2. The highest BCUT2D eigenvalue weighted by Crippen LogP contribution is 2.40. The summed E-state index contributed by atoms with van der Waals surface area (Å²) >= 11 is 0.951. The zero-order valence-electron chi connectivity index (χ0n) is 35.0. The van der Waals surface area contributed by atoms with Crippen LogP contribution in [0.4, 0.5) is 22.0 Å². The van der Waals surface area contributed by atoms with E-state index in [1.54, 1.807) is 6.20 Å². The van der Waals surface area contributed by atoms with E-state index in [1.807, 2.05) is 51.1 Å². The predicted octanol–water partition coefficient (Wildman–Crippen LogP) is 2.74. The number of halogens is 5. The number of Topliss-reactive ketones (excluding diaryl/α,β-unsaturated/α-hetero) is 1. The number of nitrogens with two attached hydrogens (primary N) is 2. The van der Waals surface area contributed by atoms with E-state index < -0.39 is 101 Å². The van der Waals surface area contributed by atoms with Crippen LogP contribution in [-0.2, 0) is 40.0 Å². The Bertz CT molecular complexity index is 2150. The standard InChI is InChI=1S/C39H49F2N7O8S.C2HF3O2/c1-39(2,3)35(34-24(16-23-8-5-4-6-9-23)19-48(45-34)30-17-25(40)11-12-27(30)41)46(33(52)21-49)15-13-28(42)36(53)44-14-7-10-26(50)20-47-32(51)18-31(37(47)54)57-22-29(43)38(55)56;3-2(4,5)1(6)7/h4-6,8-9,11-12,17,19,28-29,31,35,49H,7,10,13-16,18,20-22,42-43H2,1-3H3,(H,44,53)(H,55,56);(H,6,7)/t28-,29-,31?,35-;/m0./s1. The van der Waals surface area contributed by atoms with Crippen LogP contribution >= 0.6 is 11.8 Å². The van der Waals surface area contributed by atoms with Gasteiger partial charge in [0.1, 0.15) is 30.0 Å². The van der Waals surface area contributed by atoms with Crippen LogP contribution in [0.3, 0.4) is 0 Å². The number of ketones is 1. The predicted molar refractivity (Wildman–Crippen MR) is 220 cm³/mol. The number of benzene rings is 2. The third-order valence-electron chi connectivity index (χ3n) is 9.58. The van der Waals surface area contributed by atoms with Crippen LogP contribution in [-0.4, -0.2) is 132 Å². The normalized spacial score (nSPS) is 15.5. The molecule has 4 atom stereocenters. The largest absolute Gasteiger partial charge is 0.490 e. The lowest BCUT2D eigenvalue weighted by molar-refractivity contribution is -0.192. The summed E-state index contributed by atoms with van der Waals surface area (Å²) in [6.45, 7) is 4.25. The van der Waals surface area contributed by atoms with Crippen molar-refractivity contribution in [2.45, 2.75) is 82.4 Å². The smallest absolute Gasteiger partial charge is 0.480 e. The first-order chi connectivity index (χ1) is 29.8. The minimum absolute atomic E-state index is 0.0356. The summed E-state index contributed by atoms with van der Waals surface area (Å²) in [5.41, 5.74) is 12.8. The van der Waals surface area contributed by atoms with E-state index in [-0.39, 0.29) is 50.2 Å². The molecule has 1 unspecified atom stereocenters. The van der Waals surface area contributed by atoms with Gasteiger partial charge < -0.3 is 37.0 Å². The van der Waals surface area contributed by atoms with Gasteiger partial charge in [0.25, 0.3) is 0 Å². The van der Waals surface area contributed by atoms with E-state index in [2.05, 4.69) is 5.32 Å². The lowest BCUT2D eigenvalue weighted by Crippen LogP contribution is -2.47. The van der Waals surface area contributed by atoms with Crippen LogP contribution in [0, 0.1) is 17.0 Å². The number of alkyl halides is 3. The Hall–Kier alpha value is -5.78. The molecule has 1 aromatic heterocycles. The number of amides is 4. The van der Waals surface area contributed by atoms with Crippen LogP contribution in [0.1, 0.15) is 69.3 Å². The number of hydrogen-bond donors (Lipinski definition) is 6. The maximum atomic E-state index is 15.0. The molecule has 23 heteroatoms. The van der Waals surface area contributed by atoms with Gasteiger partial charge >= 0.3 is 18.1 Å². The second-order valence-corrected chi connectivity index (χ2v) is 16.9. The lowest BCUT2D eigenvalue weighted by Gasteiger charge is -2.40. The molecule has 0 spiro atoms. The summed E-state index contributed by atoms with van der Waals surface area (Å²) in [6, 6.07) is 9.26. The molecule has 1 fully saturated rings. The maximum Gasteiger partial charge on any atom is 0.490 e. The Morgan fingerprint density at radius 1 is 1.00 bits per heavy atom. The molecule has 0 radical (unpaired) electrons. The van der Waals surface area contributed by atoms with E-state index in [0.29, 0.717) is 17.7 Å². The number of imide groups is 1. The van der Waals surface area contributed by atoms with Crippen molar-refractivity contribution in [2.75, 3.05) is 32.0 Å². The Labute approximate surface area is 368 Å². The zero-order chi connectivity index (χ0) is 48.1. The fourth-order valence-corrected chi connectivity index (χ4v) is 7.55. The van der Waals surface area contributed by atoms with E-state index in [4.69, 9.17) is 31.6 Å². The molecule has 4 amide bonds. The van der Waals surface area contributed by atoms with E-state index in [0.717, 1.165) is 40.4 Å². The van der Waals surface area contributed by atoms with Gasteiger partial charge in [-0.05, 0) is 36.0 Å². The molecule has 4 rings (SSSR count). The molecule has 3 aromatic rings. The number of aliphatic carboxylic acids is 2. The molecule has 0 saturated carbocycles. The van der Waals surface area contributed by atoms with Gasteiger partial charge in [0.15, 0.2) is 5.78 Å². The molecule has 64 heavy (non-hydrogen) atoms. The summed E-state index contributed by atoms with van der Waals surface area (Å²) in [6.07, 6.45) is -3.24. The van der Waals surface area contributed by atoms with E-state index in [1.165, 1.54) is 9.58 Å². The van der Waals surface area contributed by atoms with Crippen LogP contribution < -0.4 is 16.8 Å². The number of aliphatic hydroxyl groups excluding tert-OH is 1. The summed E-state index contributed by atoms with van der Waals surface area (Å²) in [5.74, 6) is -8.21. The van der Waals surface area contributed by atoms with Gasteiger partial charge in [0.2, 0.25) is 23.6 Å². The number of carbonyl (C=O) groups excluding carboxylic acids is 5. The average molecular weight is 928 g/mol. The Balaban J connectivity index is 0.00000143. The van der Waals surface area contributed by atoms with Crippen molar-refractivity contribution in [3.63, 3.8) is 0 Å². The number of thioether (sulfide) groups is 1. The van der Waals surface area contributed by atoms with Crippen molar-refractivity contribution in [1.82, 2.24) is 24.9 Å². The molecule has 350 valence electrons. The van der Waals surface area contributed by atoms with Gasteiger partial charge in [-0.1, -0.05) is 51.1 Å². The van der Waals surface area contributed by atoms with Gasteiger partial charge in [-0.15, -0.1) is 11.8 Å². The summed E-state index contributed by atoms with van der Waals surface area (Å²) in [5, 5.41) is 32.7. The van der Waals surface area contributed by atoms with Crippen LogP contribution in [0.2, 0.25) is 0 Å². The number of carboxylic acids is 2. The van der Waals surface area contributed by atoms with E-state index >= 15 is 0 Å². The molecule has 0 aliphatic carbocycles. The summed E-state index contributed by atoms with van der Waals surface area (Å²) in [4.78, 5) is 86.2. The van der Waals surface area contributed by atoms with Crippen molar-refractivity contribution < 1.29 is 70.8 Å². The molecular formula is C41H50F5N7O10S. The van der Waals surface area contributed by atoms with Gasteiger partial charge in [-0.25, -0.2) is 18.3 Å². The number of rotatable bonds is 20. The number of likely N-dealkylation sites (tertiary alicyclic amines) is 1. The second kappa shape index (κ2) is 23.2. The molecule has 2 heterocycles.